The van der Waals surface area contributed by atoms with E-state index in [0.29, 0.717) is 12.3 Å². The number of rotatable bonds is 5. The summed E-state index contributed by atoms with van der Waals surface area (Å²) in [6.07, 6.45) is 5.24. The number of furan rings is 1. The van der Waals surface area contributed by atoms with Gasteiger partial charge in [0.2, 0.25) is 0 Å². The third-order valence-electron chi connectivity index (χ3n) is 3.37. The number of hydrogen-bond donors (Lipinski definition) is 0. The van der Waals surface area contributed by atoms with Crippen molar-refractivity contribution in [3.8, 4) is 0 Å². The number of aromatic nitrogens is 2. The van der Waals surface area contributed by atoms with Gasteiger partial charge in [-0.2, -0.15) is 5.10 Å². The molecule has 1 aromatic carbocycles. The van der Waals surface area contributed by atoms with Crippen LogP contribution >= 0.6 is 0 Å². The summed E-state index contributed by atoms with van der Waals surface area (Å²) >= 11 is 0. The number of hydrogen-bond acceptors (Lipinski definition) is 3. The van der Waals surface area contributed by atoms with Crippen LogP contribution in [0.1, 0.15) is 21.7 Å². The number of benzene rings is 1. The molecule has 5 nitrogen and oxygen atoms in total. The van der Waals surface area contributed by atoms with E-state index in [0.717, 1.165) is 12.1 Å². The molecular weight excluding hydrogens is 278 g/mol. The van der Waals surface area contributed by atoms with E-state index in [1.807, 2.05) is 29.1 Å². The van der Waals surface area contributed by atoms with Crippen LogP contribution in [0, 0.1) is 0 Å². The van der Waals surface area contributed by atoms with Crippen molar-refractivity contribution in [2.75, 3.05) is 7.05 Å². The molecule has 0 N–H and O–H groups in total. The van der Waals surface area contributed by atoms with E-state index >= 15 is 0 Å². The highest BCUT2D eigenvalue weighted by molar-refractivity contribution is 5.91. The minimum absolute atomic E-state index is 0.138. The van der Waals surface area contributed by atoms with E-state index in [2.05, 4.69) is 17.2 Å². The van der Waals surface area contributed by atoms with Gasteiger partial charge in [-0.15, -0.1) is 0 Å². The summed E-state index contributed by atoms with van der Waals surface area (Å²) in [4.78, 5) is 13.7. The van der Waals surface area contributed by atoms with Crippen molar-refractivity contribution >= 4 is 5.91 Å². The van der Waals surface area contributed by atoms with Gasteiger partial charge in [-0.05, 0) is 17.7 Å². The van der Waals surface area contributed by atoms with Gasteiger partial charge in [0.1, 0.15) is 0 Å². The lowest BCUT2D eigenvalue weighted by molar-refractivity contribution is 0.0753. The lowest BCUT2D eigenvalue weighted by atomic mass is 10.2. The van der Waals surface area contributed by atoms with Gasteiger partial charge in [0.05, 0.1) is 19.0 Å². The fraction of sp³-hybridized carbons (Fsp3) is 0.176. The van der Waals surface area contributed by atoms with Crippen LogP contribution < -0.4 is 0 Å². The quantitative estimate of drug-likeness (QED) is 0.727. The molecule has 0 aliphatic heterocycles. The first-order chi connectivity index (χ1) is 10.7. The Morgan fingerprint density at radius 2 is 2.00 bits per heavy atom. The molecule has 1 amide bonds. The van der Waals surface area contributed by atoms with E-state index in [-0.39, 0.29) is 5.91 Å². The molecule has 22 heavy (non-hydrogen) atoms. The monoisotopic (exact) mass is 295 g/mol. The van der Waals surface area contributed by atoms with Crippen molar-refractivity contribution in [2.24, 2.45) is 0 Å². The van der Waals surface area contributed by atoms with E-state index in [9.17, 15) is 4.79 Å². The zero-order valence-electron chi connectivity index (χ0n) is 12.3. The summed E-state index contributed by atoms with van der Waals surface area (Å²) in [5, 5.41) is 4.34. The summed E-state index contributed by atoms with van der Waals surface area (Å²) in [5.41, 5.74) is 2.18. The second kappa shape index (κ2) is 6.30. The standard InChI is InChI=1S/C17H17N3O2/c1-19(17(21)16-8-5-9-22-16)11-15-10-18-20(13-15)12-14-6-3-2-4-7-14/h2-10,13H,11-12H2,1H3. The highest BCUT2D eigenvalue weighted by Gasteiger charge is 2.15. The predicted molar refractivity (Wildman–Crippen MR) is 82.3 cm³/mol. The molecule has 3 rings (SSSR count). The maximum absolute atomic E-state index is 12.1. The first kappa shape index (κ1) is 14.1. The highest BCUT2D eigenvalue weighted by Crippen LogP contribution is 2.09. The Labute approximate surface area is 128 Å². The predicted octanol–water partition coefficient (Wildman–Crippen LogP) is 2.80. The van der Waals surface area contributed by atoms with Crippen molar-refractivity contribution in [1.82, 2.24) is 14.7 Å². The van der Waals surface area contributed by atoms with Gasteiger partial charge in [-0.3, -0.25) is 9.48 Å². The van der Waals surface area contributed by atoms with Gasteiger partial charge >= 0.3 is 0 Å². The molecule has 112 valence electrons. The van der Waals surface area contributed by atoms with Gasteiger partial charge in [0, 0.05) is 25.4 Å². The molecule has 2 aromatic heterocycles. The topological polar surface area (TPSA) is 51.3 Å². The summed E-state index contributed by atoms with van der Waals surface area (Å²) in [6, 6.07) is 13.5. The zero-order chi connectivity index (χ0) is 15.4. The van der Waals surface area contributed by atoms with Crippen LogP contribution in [0.4, 0.5) is 0 Å². The van der Waals surface area contributed by atoms with Crippen LogP contribution in [0.5, 0.6) is 0 Å². The Balaban J connectivity index is 1.63. The summed E-state index contributed by atoms with van der Waals surface area (Å²) < 4.78 is 7.00. The molecule has 0 unspecified atom stereocenters. The molecule has 3 aromatic rings. The van der Waals surface area contributed by atoms with Crippen LogP contribution in [0.15, 0.2) is 65.5 Å². The van der Waals surface area contributed by atoms with Crippen molar-refractivity contribution < 1.29 is 9.21 Å². The van der Waals surface area contributed by atoms with Crippen LogP contribution in [0.2, 0.25) is 0 Å². The van der Waals surface area contributed by atoms with Gasteiger partial charge in [-0.25, -0.2) is 0 Å². The third-order valence-corrected chi connectivity index (χ3v) is 3.37. The minimum atomic E-state index is -0.138. The molecule has 0 bridgehead atoms. The van der Waals surface area contributed by atoms with Crippen LogP contribution in [0.3, 0.4) is 0 Å². The molecule has 0 aliphatic rings. The van der Waals surface area contributed by atoms with Gasteiger partial charge < -0.3 is 9.32 Å². The second-order valence-corrected chi connectivity index (χ2v) is 5.17. The lowest BCUT2D eigenvalue weighted by Gasteiger charge is -2.14. The second-order valence-electron chi connectivity index (χ2n) is 5.17. The maximum Gasteiger partial charge on any atom is 0.289 e. The number of amides is 1. The van der Waals surface area contributed by atoms with E-state index in [1.165, 1.54) is 11.8 Å². The Morgan fingerprint density at radius 1 is 1.18 bits per heavy atom. The highest BCUT2D eigenvalue weighted by atomic mass is 16.3. The largest absolute Gasteiger partial charge is 0.459 e. The Morgan fingerprint density at radius 3 is 2.73 bits per heavy atom. The maximum atomic E-state index is 12.1. The zero-order valence-corrected chi connectivity index (χ0v) is 12.3. The van der Waals surface area contributed by atoms with Gasteiger partial charge in [-0.1, -0.05) is 30.3 Å². The SMILES string of the molecule is CN(Cc1cnn(Cc2ccccc2)c1)C(=O)c1ccco1. The van der Waals surface area contributed by atoms with E-state index in [4.69, 9.17) is 4.42 Å². The first-order valence-electron chi connectivity index (χ1n) is 7.06. The molecule has 0 atom stereocenters. The molecule has 0 saturated carbocycles. The average molecular weight is 295 g/mol. The molecule has 5 heteroatoms. The molecule has 0 spiro atoms. The molecule has 2 heterocycles. The summed E-state index contributed by atoms with van der Waals surface area (Å²) in [7, 11) is 1.75. The van der Waals surface area contributed by atoms with Crippen LogP contribution in [-0.4, -0.2) is 27.6 Å². The first-order valence-corrected chi connectivity index (χ1v) is 7.06. The molecule has 0 radical (unpaired) electrons. The minimum Gasteiger partial charge on any atom is -0.459 e. The third kappa shape index (κ3) is 3.25. The van der Waals surface area contributed by atoms with Crippen LogP contribution in [0.25, 0.3) is 0 Å². The molecule has 0 saturated heterocycles. The Kier molecular flexibility index (Phi) is 4.05. The molecular formula is C17H17N3O2. The van der Waals surface area contributed by atoms with Gasteiger partial charge in [0.15, 0.2) is 5.76 Å². The Hall–Kier alpha value is -2.82. The molecule has 0 aliphatic carbocycles. The van der Waals surface area contributed by atoms with E-state index < -0.39 is 0 Å². The van der Waals surface area contributed by atoms with Gasteiger partial charge in [0.25, 0.3) is 5.91 Å². The smallest absolute Gasteiger partial charge is 0.289 e. The van der Waals surface area contributed by atoms with Crippen molar-refractivity contribution in [3.05, 3.63) is 78.0 Å². The average Bonchev–Trinajstić information content (AvgIpc) is 3.19. The van der Waals surface area contributed by atoms with Crippen molar-refractivity contribution in [1.29, 1.82) is 0 Å². The van der Waals surface area contributed by atoms with E-state index in [1.54, 1.807) is 30.3 Å². The number of carbonyl (C=O) groups excluding carboxylic acids is 1. The number of nitrogens with zero attached hydrogens (tertiary/aromatic N) is 3. The lowest BCUT2D eigenvalue weighted by Crippen LogP contribution is -2.25. The van der Waals surface area contributed by atoms with Crippen molar-refractivity contribution in [3.63, 3.8) is 0 Å². The number of carbonyl (C=O) groups is 1. The summed E-state index contributed by atoms with van der Waals surface area (Å²) in [5.74, 6) is 0.208. The van der Waals surface area contributed by atoms with Crippen LogP contribution in [-0.2, 0) is 13.1 Å². The Bertz CT molecular complexity index is 732. The normalized spacial score (nSPS) is 10.6. The van der Waals surface area contributed by atoms with Crippen molar-refractivity contribution in [2.45, 2.75) is 13.1 Å². The fourth-order valence-corrected chi connectivity index (χ4v) is 2.28. The summed E-state index contributed by atoms with van der Waals surface area (Å²) in [6.45, 7) is 1.21. The fourth-order valence-electron chi connectivity index (χ4n) is 2.28. The molecule has 0 fully saturated rings.